The van der Waals surface area contributed by atoms with Crippen molar-refractivity contribution in [2.45, 2.75) is 17.7 Å². The van der Waals surface area contributed by atoms with E-state index in [9.17, 15) is 9.90 Å². The Bertz CT molecular complexity index is 1140. The van der Waals surface area contributed by atoms with Crippen LogP contribution in [0.2, 0.25) is 5.02 Å². The number of amides is 1. The van der Waals surface area contributed by atoms with Gasteiger partial charge in [0, 0.05) is 22.0 Å². The van der Waals surface area contributed by atoms with Gasteiger partial charge in [-0.25, -0.2) is 4.98 Å². The van der Waals surface area contributed by atoms with Crippen LogP contribution in [-0.4, -0.2) is 21.8 Å². The van der Waals surface area contributed by atoms with Crippen molar-refractivity contribution >= 4 is 56.5 Å². The number of carbonyl (C=O) groups is 1. The summed E-state index contributed by atoms with van der Waals surface area (Å²) < 4.78 is 1.06. The van der Waals surface area contributed by atoms with Gasteiger partial charge in [0.15, 0.2) is 0 Å². The molecule has 0 spiro atoms. The van der Waals surface area contributed by atoms with Crippen LogP contribution in [0.25, 0.3) is 20.8 Å². The number of carbonyl (C=O) groups excluding carboxylic acids is 1. The fourth-order valence-corrected chi connectivity index (χ4v) is 4.92. The maximum absolute atomic E-state index is 12.3. The molecule has 0 aliphatic rings. The van der Waals surface area contributed by atoms with E-state index in [0.717, 1.165) is 37.3 Å². The summed E-state index contributed by atoms with van der Waals surface area (Å²) in [6, 6.07) is 20.6. The number of nitrogens with one attached hydrogen (secondary N) is 1. The molecule has 4 aromatic rings. The van der Waals surface area contributed by atoms with Crippen LogP contribution >= 0.6 is 34.7 Å². The highest BCUT2D eigenvalue weighted by Crippen LogP contribution is 2.36. The Hall–Kier alpha value is -2.54. The normalized spacial score (nSPS) is 11.0. The molecule has 1 aromatic heterocycles. The van der Waals surface area contributed by atoms with Crippen molar-refractivity contribution in [1.29, 1.82) is 0 Å². The highest BCUT2D eigenvalue weighted by Gasteiger charge is 2.12. The predicted molar refractivity (Wildman–Crippen MR) is 127 cm³/mol. The summed E-state index contributed by atoms with van der Waals surface area (Å²) >= 11 is 9.11. The predicted octanol–water partition coefficient (Wildman–Crippen LogP) is 6.83. The van der Waals surface area contributed by atoms with E-state index in [-0.39, 0.29) is 11.7 Å². The molecule has 0 radical (unpaired) electrons. The number of hydrogen-bond donors (Lipinski definition) is 2. The molecule has 0 saturated heterocycles. The highest BCUT2D eigenvalue weighted by atomic mass is 35.5. The second-order valence-corrected chi connectivity index (χ2v) is 9.31. The molecule has 3 aromatic carbocycles. The van der Waals surface area contributed by atoms with Crippen LogP contribution in [0.15, 0.2) is 71.6 Å². The van der Waals surface area contributed by atoms with Gasteiger partial charge >= 0.3 is 0 Å². The summed E-state index contributed by atoms with van der Waals surface area (Å²) in [7, 11) is 0. The molecule has 4 nitrogen and oxygen atoms in total. The van der Waals surface area contributed by atoms with E-state index in [4.69, 9.17) is 11.6 Å². The first-order chi connectivity index (χ1) is 14.6. The summed E-state index contributed by atoms with van der Waals surface area (Å²) in [6.45, 7) is 0. The molecule has 0 aliphatic heterocycles. The van der Waals surface area contributed by atoms with Crippen molar-refractivity contribution in [2.24, 2.45) is 0 Å². The molecule has 152 valence electrons. The first-order valence-corrected chi connectivity index (χ1v) is 11.6. The second kappa shape index (κ2) is 9.51. The Morgan fingerprint density at radius 1 is 1.10 bits per heavy atom. The number of phenols is 1. The molecule has 0 unspecified atom stereocenters. The van der Waals surface area contributed by atoms with E-state index >= 15 is 0 Å². The average Bonchev–Trinajstić information content (AvgIpc) is 3.18. The van der Waals surface area contributed by atoms with Crippen LogP contribution in [-0.2, 0) is 4.79 Å². The summed E-state index contributed by atoms with van der Waals surface area (Å²) in [4.78, 5) is 18.1. The number of benzene rings is 3. The van der Waals surface area contributed by atoms with Crippen molar-refractivity contribution in [3.8, 4) is 16.3 Å². The molecule has 0 atom stereocenters. The Balaban J connectivity index is 1.35. The number of nitrogens with zero attached hydrogens (tertiary/aromatic N) is 1. The second-order valence-electron chi connectivity index (χ2n) is 6.67. The lowest BCUT2D eigenvalue weighted by Gasteiger charge is -2.08. The molecule has 30 heavy (non-hydrogen) atoms. The number of aromatic nitrogens is 1. The first-order valence-electron chi connectivity index (χ1n) is 9.46. The fourth-order valence-electron chi connectivity index (χ4n) is 2.95. The number of phenolic OH excluding ortho intramolecular Hbond substituents is 1. The van der Waals surface area contributed by atoms with Gasteiger partial charge in [0.25, 0.3) is 0 Å². The lowest BCUT2D eigenvalue weighted by atomic mass is 10.1. The van der Waals surface area contributed by atoms with Gasteiger partial charge < -0.3 is 10.4 Å². The summed E-state index contributed by atoms with van der Waals surface area (Å²) in [5, 5.41) is 14.7. The molecule has 7 heteroatoms. The van der Waals surface area contributed by atoms with Gasteiger partial charge in [-0.2, -0.15) is 0 Å². The zero-order valence-electron chi connectivity index (χ0n) is 16.0. The van der Waals surface area contributed by atoms with Crippen LogP contribution < -0.4 is 5.32 Å². The molecule has 2 N–H and O–H groups in total. The monoisotopic (exact) mass is 454 g/mol. The van der Waals surface area contributed by atoms with Crippen LogP contribution in [0, 0.1) is 0 Å². The van der Waals surface area contributed by atoms with E-state index in [1.165, 1.54) is 11.3 Å². The van der Waals surface area contributed by atoms with Crippen molar-refractivity contribution in [3.05, 3.63) is 71.8 Å². The fraction of sp³-hybridized carbons (Fsp3) is 0.130. The number of aromatic hydroxyl groups is 1. The molecule has 4 rings (SSSR count). The molecule has 0 fully saturated rings. The van der Waals surface area contributed by atoms with Crippen molar-refractivity contribution in [3.63, 3.8) is 0 Å². The smallest absolute Gasteiger partial charge is 0.224 e. The number of halogens is 1. The van der Waals surface area contributed by atoms with Gasteiger partial charge in [-0.15, -0.1) is 23.1 Å². The minimum absolute atomic E-state index is 0.0485. The molecular weight excluding hydrogens is 436 g/mol. The summed E-state index contributed by atoms with van der Waals surface area (Å²) in [5.74, 6) is 0.945. The van der Waals surface area contributed by atoms with E-state index in [2.05, 4.69) is 10.3 Å². The Morgan fingerprint density at radius 3 is 2.70 bits per heavy atom. The van der Waals surface area contributed by atoms with Gasteiger partial charge in [0.05, 0.1) is 15.8 Å². The average molecular weight is 455 g/mol. The molecule has 0 saturated carbocycles. The number of thioether (sulfide) groups is 1. The number of para-hydroxylation sites is 1. The largest absolute Gasteiger partial charge is 0.507 e. The molecular formula is C23H19ClN2O2S2. The van der Waals surface area contributed by atoms with Crippen LogP contribution in [0.5, 0.6) is 5.75 Å². The Labute approximate surface area is 187 Å². The zero-order valence-corrected chi connectivity index (χ0v) is 18.4. The minimum atomic E-state index is -0.0485. The number of anilines is 1. The minimum Gasteiger partial charge on any atom is -0.507 e. The third-order valence-corrected chi connectivity index (χ3v) is 6.86. The standard InChI is InChI=1S/C23H19ClN2O2S2/c24-15-7-10-17(11-8-15)29-13-3-6-22(28)25-16-9-12-20(27)18(14-16)23-26-19-4-1-2-5-21(19)30-23/h1-2,4-5,7-12,14,27H,3,6,13H2,(H,25,28). The summed E-state index contributed by atoms with van der Waals surface area (Å²) in [5.41, 5.74) is 2.16. The Morgan fingerprint density at radius 2 is 1.90 bits per heavy atom. The number of thiazole rings is 1. The number of fused-ring (bicyclic) bond motifs is 1. The number of hydrogen-bond acceptors (Lipinski definition) is 5. The lowest BCUT2D eigenvalue weighted by Crippen LogP contribution is -2.11. The van der Waals surface area contributed by atoms with E-state index in [1.807, 2.05) is 48.5 Å². The maximum Gasteiger partial charge on any atom is 0.224 e. The summed E-state index contributed by atoms with van der Waals surface area (Å²) in [6.07, 6.45) is 1.19. The first kappa shape index (κ1) is 20.7. The van der Waals surface area contributed by atoms with Crippen molar-refractivity contribution < 1.29 is 9.90 Å². The number of rotatable bonds is 7. The van der Waals surface area contributed by atoms with Gasteiger partial charge in [-0.05, 0) is 66.8 Å². The zero-order chi connectivity index (χ0) is 20.9. The highest BCUT2D eigenvalue weighted by molar-refractivity contribution is 7.99. The topological polar surface area (TPSA) is 62.2 Å². The van der Waals surface area contributed by atoms with Crippen LogP contribution in [0.4, 0.5) is 5.69 Å². The SMILES string of the molecule is O=C(CCCSc1ccc(Cl)cc1)Nc1ccc(O)c(-c2nc3ccccc3s2)c1. The Kier molecular flexibility index (Phi) is 6.57. The lowest BCUT2D eigenvalue weighted by molar-refractivity contribution is -0.116. The van der Waals surface area contributed by atoms with E-state index < -0.39 is 0 Å². The van der Waals surface area contributed by atoms with Gasteiger partial charge in [0.1, 0.15) is 10.8 Å². The third-order valence-electron chi connectivity index (χ3n) is 4.44. The molecule has 0 aliphatic carbocycles. The quantitative estimate of drug-likeness (QED) is 0.182. The molecule has 1 heterocycles. The van der Waals surface area contributed by atoms with Gasteiger partial charge in [-0.1, -0.05) is 23.7 Å². The van der Waals surface area contributed by atoms with E-state index in [1.54, 1.807) is 30.0 Å². The van der Waals surface area contributed by atoms with Crippen LogP contribution in [0.3, 0.4) is 0 Å². The van der Waals surface area contributed by atoms with Crippen LogP contribution in [0.1, 0.15) is 12.8 Å². The van der Waals surface area contributed by atoms with Crippen molar-refractivity contribution in [2.75, 3.05) is 11.1 Å². The molecule has 1 amide bonds. The maximum atomic E-state index is 12.3. The van der Waals surface area contributed by atoms with Gasteiger partial charge in [-0.3, -0.25) is 4.79 Å². The van der Waals surface area contributed by atoms with Gasteiger partial charge in [0.2, 0.25) is 5.91 Å². The molecule has 0 bridgehead atoms. The van der Waals surface area contributed by atoms with Crippen molar-refractivity contribution in [1.82, 2.24) is 4.98 Å². The van der Waals surface area contributed by atoms with E-state index in [0.29, 0.717) is 17.7 Å². The third kappa shape index (κ3) is 5.14.